The van der Waals surface area contributed by atoms with E-state index in [1.807, 2.05) is 7.05 Å². The zero-order valence-corrected chi connectivity index (χ0v) is 9.48. The maximum atomic E-state index is 12.2. The van der Waals surface area contributed by atoms with E-state index in [-0.39, 0.29) is 16.9 Å². The molecule has 2 fully saturated rings. The summed E-state index contributed by atoms with van der Waals surface area (Å²) in [6, 6.07) is 0.0220. The van der Waals surface area contributed by atoms with Gasteiger partial charge in [0.15, 0.2) is 5.78 Å². The molecule has 0 spiro atoms. The number of Topliss-reactive ketones (excluding diaryl/α,β-unsaturated/α-hetero) is 1. The molecule has 80 valence electrons. The molecule has 3 heteroatoms. The molecule has 14 heavy (non-hydrogen) atoms. The van der Waals surface area contributed by atoms with Gasteiger partial charge in [-0.15, -0.1) is 0 Å². The van der Waals surface area contributed by atoms with Gasteiger partial charge >= 0.3 is 0 Å². The fraction of sp³-hybridized carbons (Fsp3) is 0.909. The minimum absolute atomic E-state index is 0.0220. The molecular weight excluding hydrogens is 176 g/mol. The molecule has 2 aliphatic carbocycles. The van der Waals surface area contributed by atoms with Gasteiger partial charge in [-0.05, 0) is 31.2 Å². The predicted octanol–water partition coefficient (Wildman–Crippen LogP) is 1.10. The highest BCUT2D eigenvalue weighted by atomic mass is 16.1. The maximum Gasteiger partial charge on any atom is 0.157 e. The molecule has 0 radical (unpaired) electrons. The predicted molar refractivity (Wildman–Crippen MR) is 55.6 cm³/mol. The van der Waals surface area contributed by atoms with E-state index >= 15 is 0 Å². The summed E-state index contributed by atoms with van der Waals surface area (Å²) in [5, 5.41) is 0. The van der Waals surface area contributed by atoms with Crippen LogP contribution < -0.4 is 10.9 Å². The molecule has 0 amide bonds. The molecule has 3 atom stereocenters. The number of nitrogens with one attached hydrogen (secondary N) is 2. The summed E-state index contributed by atoms with van der Waals surface area (Å²) < 4.78 is 0. The van der Waals surface area contributed by atoms with Crippen LogP contribution in [0.25, 0.3) is 0 Å². The molecule has 0 aromatic carbocycles. The van der Waals surface area contributed by atoms with Crippen molar-refractivity contribution >= 4 is 5.78 Å². The van der Waals surface area contributed by atoms with E-state index in [9.17, 15) is 4.79 Å². The van der Waals surface area contributed by atoms with Gasteiger partial charge in [-0.3, -0.25) is 10.2 Å². The van der Waals surface area contributed by atoms with Crippen molar-refractivity contribution in [2.24, 2.45) is 16.7 Å². The number of hydrogen-bond donors (Lipinski definition) is 2. The lowest BCUT2D eigenvalue weighted by atomic mass is 9.70. The quantitative estimate of drug-likeness (QED) is 0.650. The lowest BCUT2D eigenvalue weighted by Gasteiger charge is -2.32. The lowest BCUT2D eigenvalue weighted by Crippen LogP contribution is -2.48. The molecular formula is C11H20N2O. The van der Waals surface area contributed by atoms with Crippen molar-refractivity contribution in [2.75, 3.05) is 7.05 Å². The Balaban J connectivity index is 2.34. The minimum Gasteiger partial charge on any atom is -0.297 e. The zero-order valence-electron chi connectivity index (χ0n) is 9.48. The third kappa shape index (κ3) is 0.920. The van der Waals surface area contributed by atoms with E-state index in [2.05, 4.69) is 31.6 Å². The number of ketones is 1. The SMILES string of the molecule is CNNC1C(=O)C2(C)CCC1C2(C)C. The topological polar surface area (TPSA) is 41.1 Å². The average molecular weight is 196 g/mol. The summed E-state index contributed by atoms with van der Waals surface area (Å²) in [5.74, 6) is 0.889. The third-order valence-electron chi connectivity index (χ3n) is 4.83. The summed E-state index contributed by atoms with van der Waals surface area (Å²) >= 11 is 0. The zero-order chi connectivity index (χ0) is 10.6. The number of hydrazine groups is 1. The van der Waals surface area contributed by atoms with E-state index in [0.717, 1.165) is 6.42 Å². The van der Waals surface area contributed by atoms with E-state index in [4.69, 9.17) is 0 Å². The molecule has 2 bridgehead atoms. The molecule has 0 heterocycles. The molecule has 2 rings (SSSR count). The number of fused-ring (bicyclic) bond motifs is 2. The lowest BCUT2D eigenvalue weighted by molar-refractivity contribution is -0.130. The van der Waals surface area contributed by atoms with E-state index in [0.29, 0.717) is 11.7 Å². The summed E-state index contributed by atoms with van der Waals surface area (Å²) in [6.45, 7) is 6.60. The minimum atomic E-state index is -0.105. The molecule has 0 saturated heterocycles. The first-order valence-corrected chi connectivity index (χ1v) is 5.42. The molecule has 0 aromatic rings. The molecule has 2 saturated carbocycles. The normalized spacial score (nSPS) is 44.7. The van der Waals surface area contributed by atoms with Gasteiger partial charge in [0.25, 0.3) is 0 Å². The Morgan fingerprint density at radius 3 is 2.43 bits per heavy atom. The summed E-state index contributed by atoms with van der Waals surface area (Å²) in [6.07, 6.45) is 2.24. The van der Waals surface area contributed by atoms with Crippen LogP contribution in [0.2, 0.25) is 0 Å². The molecule has 0 aromatic heterocycles. The molecule has 2 aliphatic rings. The smallest absolute Gasteiger partial charge is 0.157 e. The van der Waals surface area contributed by atoms with Crippen LogP contribution in [0.15, 0.2) is 0 Å². The first-order valence-electron chi connectivity index (χ1n) is 5.42. The van der Waals surface area contributed by atoms with Crippen LogP contribution in [0.3, 0.4) is 0 Å². The highest BCUT2D eigenvalue weighted by Crippen LogP contribution is 2.63. The second-order valence-electron chi connectivity index (χ2n) is 5.44. The molecule has 3 nitrogen and oxygen atoms in total. The van der Waals surface area contributed by atoms with Crippen molar-refractivity contribution < 1.29 is 4.79 Å². The van der Waals surface area contributed by atoms with Crippen molar-refractivity contribution in [2.45, 2.75) is 39.7 Å². The highest BCUT2D eigenvalue weighted by molar-refractivity contribution is 5.94. The van der Waals surface area contributed by atoms with Crippen LogP contribution in [0.5, 0.6) is 0 Å². The maximum absolute atomic E-state index is 12.2. The van der Waals surface area contributed by atoms with Gasteiger partial charge in [0.05, 0.1) is 6.04 Å². The number of rotatable bonds is 2. The Kier molecular flexibility index (Phi) is 2.02. The van der Waals surface area contributed by atoms with Gasteiger partial charge in [-0.2, -0.15) is 0 Å². The summed E-state index contributed by atoms with van der Waals surface area (Å²) in [4.78, 5) is 12.2. The van der Waals surface area contributed by atoms with E-state index in [1.165, 1.54) is 6.42 Å². The fourth-order valence-corrected chi connectivity index (χ4v) is 3.41. The molecule has 2 N–H and O–H groups in total. The molecule has 3 unspecified atom stereocenters. The van der Waals surface area contributed by atoms with Crippen molar-refractivity contribution in [1.29, 1.82) is 0 Å². The standard InChI is InChI=1S/C11H20N2O/c1-10(2)7-5-6-11(10,3)9(14)8(7)13-12-4/h7-8,12-13H,5-6H2,1-4H3. The number of carbonyl (C=O) groups is 1. The van der Waals surface area contributed by atoms with Crippen molar-refractivity contribution in [3.8, 4) is 0 Å². The molecule has 0 aliphatic heterocycles. The van der Waals surface area contributed by atoms with Crippen LogP contribution in [0.1, 0.15) is 33.6 Å². The van der Waals surface area contributed by atoms with Gasteiger partial charge in [-0.25, -0.2) is 5.43 Å². The van der Waals surface area contributed by atoms with Crippen LogP contribution in [-0.4, -0.2) is 18.9 Å². The average Bonchev–Trinajstić information content (AvgIpc) is 2.41. The Morgan fingerprint density at radius 1 is 1.36 bits per heavy atom. The van der Waals surface area contributed by atoms with Gasteiger partial charge in [0.2, 0.25) is 0 Å². The number of hydrogen-bond acceptors (Lipinski definition) is 3. The second kappa shape index (κ2) is 2.80. The van der Waals surface area contributed by atoms with Crippen molar-refractivity contribution in [3.05, 3.63) is 0 Å². The Morgan fingerprint density at radius 2 is 2.00 bits per heavy atom. The van der Waals surface area contributed by atoms with Gasteiger partial charge in [-0.1, -0.05) is 20.8 Å². The number of carbonyl (C=O) groups excluding carboxylic acids is 1. The second-order valence-corrected chi connectivity index (χ2v) is 5.44. The van der Waals surface area contributed by atoms with E-state index < -0.39 is 0 Å². The fourth-order valence-electron chi connectivity index (χ4n) is 3.41. The largest absolute Gasteiger partial charge is 0.297 e. The van der Waals surface area contributed by atoms with Crippen molar-refractivity contribution in [1.82, 2.24) is 10.9 Å². The van der Waals surface area contributed by atoms with Gasteiger partial charge in [0, 0.05) is 5.41 Å². The van der Waals surface area contributed by atoms with Crippen LogP contribution >= 0.6 is 0 Å². The van der Waals surface area contributed by atoms with E-state index in [1.54, 1.807) is 0 Å². The van der Waals surface area contributed by atoms with Crippen LogP contribution in [0, 0.1) is 16.7 Å². The highest BCUT2D eigenvalue weighted by Gasteiger charge is 2.66. The first kappa shape index (κ1) is 10.1. The summed E-state index contributed by atoms with van der Waals surface area (Å²) in [5.41, 5.74) is 6.06. The van der Waals surface area contributed by atoms with Gasteiger partial charge in [0.1, 0.15) is 0 Å². The monoisotopic (exact) mass is 196 g/mol. The Hall–Kier alpha value is -0.410. The Bertz CT molecular complexity index is 274. The van der Waals surface area contributed by atoms with Gasteiger partial charge < -0.3 is 0 Å². The van der Waals surface area contributed by atoms with Crippen LogP contribution in [0.4, 0.5) is 0 Å². The third-order valence-corrected chi connectivity index (χ3v) is 4.83. The van der Waals surface area contributed by atoms with Crippen molar-refractivity contribution in [3.63, 3.8) is 0 Å². The van der Waals surface area contributed by atoms with Crippen LogP contribution in [-0.2, 0) is 4.79 Å². The first-order chi connectivity index (χ1) is 6.45. The summed E-state index contributed by atoms with van der Waals surface area (Å²) in [7, 11) is 1.83. The Labute approximate surface area is 85.6 Å².